The van der Waals surface area contributed by atoms with Crippen LogP contribution in [0, 0.1) is 0 Å². The molecule has 1 unspecified atom stereocenters. The molecule has 0 heterocycles. The lowest BCUT2D eigenvalue weighted by Gasteiger charge is -2.27. The number of carbonyl (C=O) groups excluding carboxylic acids is 2. The van der Waals surface area contributed by atoms with Crippen LogP contribution in [0.4, 0.5) is 0 Å². The number of methoxy groups -OCH3 is 1. The van der Waals surface area contributed by atoms with Gasteiger partial charge in [-0.2, -0.15) is 0 Å². The van der Waals surface area contributed by atoms with Crippen molar-refractivity contribution in [3.8, 4) is 0 Å². The maximum absolute atomic E-state index is 12.1. The Labute approximate surface area is 128 Å². The second kappa shape index (κ2) is 7.43. The van der Waals surface area contributed by atoms with Gasteiger partial charge in [-0.1, -0.05) is 41.4 Å². The molecule has 110 valence electrons. The Kier molecular flexibility index (Phi) is 6.20. The maximum atomic E-state index is 12.1. The van der Waals surface area contributed by atoms with Crippen LogP contribution in [0.3, 0.4) is 0 Å². The Balaban J connectivity index is 2.71. The number of halogens is 1. The summed E-state index contributed by atoms with van der Waals surface area (Å²) in [6.45, 7) is 3.66. The van der Waals surface area contributed by atoms with E-state index in [4.69, 9.17) is 4.74 Å². The Morgan fingerprint density at radius 2 is 1.90 bits per heavy atom. The SMILES string of the molecule is CCCC(C)(NC(=O)Cc1ccc(Br)cc1)C(=O)OC. The van der Waals surface area contributed by atoms with Crippen molar-refractivity contribution in [1.82, 2.24) is 5.32 Å². The number of nitrogens with one attached hydrogen (secondary N) is 1. The summed E-state index contributed by atoms with van der Waals surface area (Å²) in [6.07, 6.45) is 1.57. The molecule has 4 nitrogen and oxygen atoms in total. The van der Waals surface area contributed by atoms with Gasteiger partial charge < -0.3 is 10.1 Å². The molecule has 0 bridgehead atoms. The molecule has 1 rings (SSSR count). The first-order chi connectivity index (χ1) is 9.41. The van der Waals surface area contributed by atoms with Crippen LogP contribution in [0.25, 0.3) is 0 Å². The number of benzene rings is 1. The van der Waals surface area contributed by atoms with Crippen LogP contribution in [0.15, 0.2) is 28.7 Å². The van der Waals surface area contributed by atoms with Crippen molar-refractivity contribution in [2.75, 3.05) is 7.11 Å². The number of ether oxygens (including phenoxy) is 1. The smallest absolute Gasteiger partial charge is 0.331 e. The first-order valence-electron chi connectivity index (χ1n) is 6.55. The van der Waals surface area contributed by atoms with Crippen molar-refractivity contribution in [1.29, 1.82) is 0 Å². The number of amides is 1. The van der Waals surface area contributed by atoms with E-state index in [0.717, 1.165) is 16.5 Å². The molecular formula is C15H20BrNO3. The molecule has 0 aliphatic carbocycles. The molecule has 1 atom stereocenters. The molecule has 5 heteroatoms. The Hall–Kier alpha value is -1.36. The van der Waals surface area contributed by atoms with E-state index >= 15 is 0 Å². The average Bonchev–Trinajstić information content (AvgIpc) is 2.40. The lowest BCUT2D eigenvalue weighted by Crippen LogP contribution is -2.53. The van der Waals surface area contributed by atoms with Gasteiger partial charge in [0.25, 0.3) is 0 Å². The van der Waals surface area contributed by atoms with E-state index < -0.39 is 11.5 Å². The summed E-state index contributed by atoms with van der Waals surface area (Å²) in [6, 6.07) is 7.51. The number of hydrogen-bond donors (Lipinski definition) is 1. The Bertz CT molecular complexity index is 473. The second-order valence-electron chi connectivity index (χ2n) is 4.93. The molecule has 0 aliphatic heterocycles. The van der Waals surface area contributed by atoms with Gasteiger partial charge in [-0.15, -0.1) is 0 Å². The standard InChI is InChI=1S/C15H20BrNO3/c1-4-9-15(2,14(19)20-3)17-13(18)10-11-5-7-12(16)8-6-11/h5-8H,4,9-10H2,1-3H3,(H,17,18). The molecule has 0 aliphatic rings. The summed E-state index contributed by atoms with van der Waals surface area (Å²) in [5, 5.41) is 2.78. The lowest BCUT2D eigenvalue weighted by atomic mass is 9.95. The fraction of sp³-hybridized carbons (Fsp3) is 0.467. The van der Waals surface area contributed by atoms with Gasteiger partial charge in [0, 0.05) is 4.47 Å². The minimum absolute atomic E-state index is 0.186. The van der Waals surface area contributed by atoms with Gasteiger partial charge in [-0.05, 0) is 31.0 Å². The first-order valence-corrected chi connectivity index (χ1v) is 7.34. The van der Waals surface area contributed by atoms with Crippen molar-refractivity contribution in [2.24, 2.45) is 0 Å². The molecule has 1 amide bonds. The predicted octanol–water partition coefficient (Wildman–Crippen LogP) is 2.84. The molecule has 0 spiro atoms. The van der Waals surface area contributed by atoms with Crippen LogP contribution in [0.2, 0.25) is 0 Å². The largest absolute Gasteiger partial charge is 0.467 e. The van der Waals surface area contributed by atoms with E-state index in [1.54, 1.807) is 6.92 Å². The second-order valence-corrected chi connectivity index (χ2v) is 5.84. The van der Waals surface area contributed by atoms with Crippen molar-refractivity contribution >= 4 is 27.8 Å². The fourth-order valence-corrected chi connectivity index (χ4v) is 2.34. The van der Waals surface area contributed by atoms with Crippen molar-refractivity contribution in [2.45, 2.75) is 38.6 Å². The minimum Gasteiger partial charge on any atom is -0.467 e. The van der Waals surface area contributed by atoms with Crippen LogP contribution in [0.5, 0.6) is 0 Å². The fourth-order valence-electron chi connectivity index (χ4n) is 2.08. The lowest BCUT2D eigenvalue weighted by molar-refractivity contribution is -0.150. The van der Waals surface area contributed by atoms with Gasteiger partial charge in [0.05, 0.1) is 13.5 Å². The number of hydrogen-bond acceptors (Lipinski definition) is 3. The van der Waals surface area contributed by atoms with E-state index in [9.17, 15) is 9.59 Å². The van der Waals surface area contributed by atoms with Gasteiger partial charge in [-0.25, -0.2) is 4.79 Å². The van der Waals surface area contributed by atoms with Gasteiger partial charge in [0.1, 0.15) is 5.54 Å². The molecule has 1 aromatic carbocycles. The predicted molar refractivity (Wildman–Crippen MR) is 81.3 cm³/mol. The number of carbonyl (C=O) groups is 2. The van der Waals surface area contributed by atoms with E-state index in [2.05, 4.69) is 21.2 Å². The molecular weight excluding hydrogens is 322 g/mol. The first kappa shape index (κ1) is 16.7. The van der Waals surface area contributed by atoms with Gasteiger partial charge in [-0.3, -0.25) is 4.79 Å². The molecule has 0 saturated carbocycles. The third-order valence-corrected chi connectivity index (χ3v) is 3.61. The zero-order chi connectivity index (χ0) is 15.2. The normalized spacial score (nSPS) is 13.4. The Morgan fingerprint density at radius 1 is 1.30 bits per heavy atom. The summed E-state index contributed by atoms with van der Waals surface area (Å²) in [4.78, 5) is 23.9. The number of esters is 1. The summed E-state index contributed by atoms with van der Waals surface area (Å²) >= 11 is 3.35. The highest BCUT2D eigenvalue weighted by molar-refractivity contribution is 9.10. The van der Waals surface area contributed by atoms with E-state index in [1.807, 2.05) is 31.2 Å². The maximum Gasteiger partial charge on any atom is 0.331 e. The molecule has 20 heavy (non-hydrogen) atoms. The average molecular weight is 342 g/mol. The van der Waals surface area contributed by atoms with Crippen LogP contribution >= 0.6 is 15.9 Å². The van der Waals surface area contributed by atoms with E-state index in [1.165, 1.54) is 7.11 Å². The van der Waals surface area contributed by atoms with Crippen molar-refractivity contribution in [3.63, 3.8) is 0 Å². The zero-order valence-electron chi connectivity index (χ0n) is 12.0. The van der Waals surface area contributed by atoms with Crippen molar-refractivity contribution in [3.05, 3.63) is 34.3 Å². The molecule has 0 aromatic heterocycles. The van der Waals surface area contributed by atoms with Crippen LogP contribution in [-0.4, -0.2) is 24.5 Å². The van der Waals surface area contributed by atoms with Crippen molar-refractivity contribution < 1.29 is 14.3 Å². The molecule has 0 fully saturated rings. The van der Waals surface area contributed by atoms with Crippen LogP contribution in [0.1, 0.15) is 32.3 Å². The van der Waals surface area contributed by atoms with Gasteiger partial charge >= 0.3 is 5.97 Å². The van der Waals surface area contributed by atoms with Gasteiger partial charge in [0.15, 0.2) is 0 Å². The summed E-state index contributed by atoms with van der Waals surface area (Å²) in [5.74, 6) is -0.600. The summed E-state index contributed by atoms with van der Waals surface area (Å²) in [7, 11) is 1.33. The summed E-state index contributed by atoms with van der Waals surface area (Å²) < 4.78 is 5.74. The van der Waals surface area contributed by atoms with Crippen LogP contribution < -0.4 is 5.32 Å². The number of rotatable bonds is 6. The zero-order valence-corrected chi connectivity index (χ0v) is 13.6. The Morgan fingerprint density at radius 3 is 2.40 bits per heavy atom. The summed E-state index contributed by atoms with van der Waals surface area (Å²) in [5.41, 5.74) is -0.0647. The molecule has 1 aromatic rings. The minimum atomic E-state index is -0.962. The van der Waals surface area contributed by atoms with E-state index in [-0.39, 0.29) is 12.3 Å². The highest BCUT2D eigenvalue weighted by Crippen LogP contribution is 2.15. The van der Waals surface area contributed by atoms with Gasteiger partial charge in [0.2, 0.25) is 5.91 Å². The molecule has 1 N–H and O–H groups in total. The van der Waals surface area contributed by atoms with E-state index in [0.29, 0.717) is 6.42 Å². The molecule has 0 saturated heterocycles. The molecule has 0 radical (unpaired) electrons. The quantitative estimate of drug-likeness (QED) is 0.809. The monoisotopic (exact) mass is 341 g/mol. The van der Waals surface area contributed by atoms with Crippen LogP contribution in [-0.2, 0) is 20.7 Å². The third kappa shape index (κ3) is 4.63. The highest BCUT2D eigenvalue weighted by Gasteiger charge is 2.34. The highest BCUT2D eigenvalue weighted by atomic mass is 79.9. The third-order valence-electron chi connectivity index (χ3n) is 3.08. The topological polar surface area (TPSA) is 55.4 Å².